The van der Waals surface area contributed by atoms with Crippen molar-refractivity contribution in [1.29, 1.82) is 0 Å². The van der Waals surface area contributed by atoms with Crippen molar-refractivity contribution >= 4 is 35.8 Å². The number of rotatable bonds is 3. The summed E-state index contributed by atoms with van der Waals surface area (Å²) in [6, 6.07) is 0. The number of aliphatic imine (C=N–C) groups is 1. The Bertz CT molecular complexity index is 469. The lowest BCUT2D eigenvalue weighted by molar-refractivity contribution is -0.142. The van der Waals surface area contributed by atoms with Gasteiger partial charge >= 0.3 is 0 Å². The molecule has 0 bridgehead atoms. The minimum absolute atomic E-state index is 0. The van der Waals surface area contributed by atoms with Gasteiger partial charge in [-0.2, -0.15) is 0 Å². The van der Waals surface area contributed by atoms with Crippen molar-refractivity contribution in [1.82, 2.24) is 15.1 Å². The Hall–Kier alpha value is -0.610. The Morgan fingerprint density at radius 3 is 2.52 bits per heavy atom. The molecule has 1 amide bonds. The molecule has 2 atom stereocenters. The SMILES string of the molecule is CN=C(NCC1(C)CCOC1)N1CCN(C(=O)C2CCCO2)CC1.I. The van der Waals surface area contributed by atoms with E-state index in [2.05, 4.69) is 22.1 Å². The molecule has 144 valence electrons. The molecule has 0 aromatic heterocycles. The number of carbonyl (C=O) groups excluding carboxylic acids is 1. The van der Waals surface area contributed by atoms with Gasteiger partial charge in [-0.05, 0) is 19.3 Å². The first-order valence-corrected chi connectivity index (χ1v) is 9.05. The molecule has 3 fully saturated rings. The van der Waals surface area contributed by atoms with Crippen LogP contribution in [0.4, 0.5) is 0 Å². The van der Waals surface area contributed by atoms with Gasteiger partial charge in [-0.15, -0.1) is 24.0 Å². The number of hydrogen-bond donors (Lipinski definition) is 1. The molecule has 3 heterocycles. The molecule has 3 rings (SSSR count). The zero-order valence-electron chi connectivity index (χ0n) is 15.3. The molecule has 0 radical (unpaired) electrons. The fourth-order valence-corrected chi connectivity index (χ4v) is 3.59. The normalized spacial score (nSPS) is 30.3. The molecular weight excluding hydrogens is 435 g/mol. The highest BCUT2D eigenvalue weighted by atomic mass is 127. The molecular formula is C17H31IN4O3. The van der Waals surface area contributed by atoms with Crippen LogP contribution in [0.3, 0.4) is 0 Å². The zero-order chi connectivity index (χ0) is 17.0. The number of hydrogen-bond acceptors (Lipinski definition) is 4. The molecule has 3 saturated heterocycles. The maximum atomic E-state index is 12.4. The quantitative estimate of drug-likeness (QED) is 0.381. The lowest BCUT2D eigenvalue weighted by Gasteiger charge is -2.38. The molecule has 8 heteroatoms. The number of nitrogens with zero attached hydrogens (tertiary/aromatic N) is 3. The van der Waals surface area contributed by atoms with Crippen molar-refractivity contribution < 1.29 is 14.3 Å². The number of amides is 1. The van der Waals surface area contributed by atoms with Gasteiger partial charge in [0.1, 0.15) is 6.10 Å². The molecule has 0 aliphatic carbocycles. The van der Waals surface area contributed by atoms with Gasteiger partial charge in [-0.3, -0.25) is 9.79 Å². The van der Waals surface area contributed by atoms with Crippen molar-refractivity contribution in [3.63, 3.8) is 0 Å². The summed E-state index contributed by atoms with van der Waals surface area (Å²) in [7, 11) is 1.82. The van der Waals surface area contributed by atoms with Crippen molar-refractivity contribution in [3.05, 3.63) is 0 Å². The van der Waals surface area contributed by atoms with E-state index in [0.717, 1.165) is 77.8 Å². The third-order valence-electron chi connectivity index (χ3n) is 5.28. The summed E-state index contributed by atoms with van der Waals surface area (Å²) in [5, 5.41) is 3.49. The number of carbonyl (C=O) groups is 1. The van der Waals surface area contributed by atoms with E-state index in [9.17, 15) is 4.79 Å². The summed E-state index contributed by atoms with van der Waals surface area (Å²) in [6.45, 7) is 8.58. The Morgan fingerprint density at radius 2 is 1.96 bits per heavy atom. The van der Waals surface area contributed by atoms with E-state index >= 15 is 0 Å². The maximum absolute atomic E-state index is 12.4. The summed E-state index contributed by atoms with van der Waals surface area (Å²) in [4.78, 5) is 21.0. The van der Waals surface area contributed by atoms with Gasteiger partial charge in [0, 0.05) is 58.4 Å². The highest BCUT2D eigenvalue weighted by Crippen LogP contribution is 2.26. The van der Waals surface area contributed by atoms with Crippen LogP contribution in [-0.4, -0.2) is 87.4 Å². The molecule has 3 aliphatic heterocycles. The zero-order valence-corrected chi connectivity index (χ0v) is 17.7. The second kappa shape index (κ2) is 9.36. The molecule has 25 heavy (non-hydrogen) atoms. The first-order valence-electron chi connectivity index (χ1n) is 9.05. The summed E-state index contributed by atoms with van der Waals surface area (Å²) in [5.41, 5.74) is 0.188. The molecule has 0 aromatic carbocycles. The average molecular weight is 466 g/mol. The summed E-state index contributed by atoms with van der Waals surface area (Å²) >= 11 is 0. The summed E-state index contributed by atoms with van der Waals surface area (Å²) in [5.74, 6) is 1.08. The van der Waals surface area contributed by atoms with Crippen LogP contribution in [0.5, 0.6) is 0 Å². The van der Waals surface area contributed by atoms with Crippen molar-refractivity contribution in [2.24, 2.45) is 10.4 Å². The van der Waals surface area contributed by atoms with Crippen LogP contribution < -0.4 is 5.32 Å². The largest absolute Gasteiger partial charge is 0.381 e. The van der Waals surface area contributed by atoms with E-state index in [1.807, 2.05) is 11.9 Å². The predicted molar refractivity (Wildman–Crippen MR) is 107 cm³/mol. The number of nitrogens with one attached hydrogen (secondary N) is 1. The second-order valence-corrected chi connectivity index (χ2v) is 7.33. The van der Waals surface area contributed by atoms with Crippen LogP contribution in [-0.2, 0) is 14.3 Å². The molecule has 2 unspecified atom stereocenters. The van der Waals surface area contributed by atoms with E-state index in [4.69, 9.17) is 9.47 Å². The number of guanidine groups is 1. The van der Waals surface area contributed by atoms with Gasteiger partial charge in [0.25, 0.3) is 5.91 Å². The Morgan fingerprint density at radius 1 is 1.24 bits per heavy atom. The van der Waals surface area contributed by atoms with Crippen LogP contribution in [0.15, 0.2) is 4.99 Å². The van der Waals surface area contributed by atoms with E-state index < -0.39 is 0 Å². The van der Waals surface area contributed by atoms with Gasteiger partial charge in [0.2, 0.25) is 0 Å². The topological polar surface area (TPSA) is 66.4 Å². The Balaban J connectivity index is 0.00000225. The third kappa shape index (κ3) is 5.19. The number of halogens is 1. The van der Waals surface area contributed by atoms with Crippen molar-refractivity contribution in [2.75, 3.05) is 59.6 Å². The number of ether oxygens (including phenoxy) is 2. The standard InChI is InChI=1S/C17H30N4O3.HI/c1-17(5-11-23-13-17)12-19-16(18-2)21-8-6-20(7-9-21)15(22)14-4-3-10-24-14;/h14H,3-13H2,1-2H3,(H,18,19);1H. The highest BCUT2D eigenvalue weighted by molar-refractivity contribution is 14.0. The lowest BCUT2D eigenvalue weighted by Crippen LogP contribution is -2.56. The third-order valence-corrected chi connectivity index (χ3v) is 5.28. The highest BCUT2D eigenvalue weighted by Gasteiger charge is 2.32. The molecule has 0 spiro atoms. The number of piperazine rings is 1. The van der Waals surface area contributed by atoms with E-state index in [-0.39, 0.29) is 41.4 Å². The molecule has 7 nitrogen and oxygen atoms in total. The molecule has 0 saturated carbocycles. The lowest BCUT2D eigenvalue weighted by atomic mass is 9.90. The van der Waals surface area contributed by atoms with Crippen LogP contribution in [0.25, 0.3) is 0 Å². The smallest absolute Gasteiger partial charge is 0.251 e. The van der Waals surface area contributed by atoms with E-state index in [1.54, 1.807) is 0 Å². The fourth-order valence-electron chi connectivity index (χ4n) is 3.59. The second-order valence-electron chi connectivity index (χ2n) is 7.33. The Labute approximate surface area is 167 Å². The van der Waals surface area contributed by atoms with Gasteiger partial charge in [0.05, 0.1) is 6.61 Å². The average Bonchev–Trinajstić information content (AvgIpc) is 3.27. The van der Waals surface area contributed by atoms with Gasteiger partial charge < -0.3 is 24.6 Å². The summed E-state index contributed by atoms with van der Waals surface area (Å²) in [6.07, 6.45) is 2.73. The fraction of sp³-hybridized carbons (Fsp3) is 0.882. The van der Waals surface area contributed by atoms with Crippen molar-refractivity contribution in [3.8, 4) is 0 Å². The first-order chi connectivity index (χ1) is 11.6. The van der Waals surface area contributed by atoms with Crippen LogP contribution >= 0.6 is 24.0 Å². The van der Waals surface area contributed by atoms with Crippen LogP contribution in [0.1, 0.15) is 26.2 Å². The van der Waals surface area contributed by atoms with Gasteiger partial charge in [0.15, 0.2) is 5.96 Å². The Kier molecular flexibility index (Phi) is 7.75. The minimum Gasteiger partial charge on any atom is -0.381 e. The molecule has 1 N–H and O–H groups in total. The van der Waals surface area contributed by atoms with Gasteiger partial charge in [-0.1, -0.05) is 6.92 Å². The summed E-state index contributed by atoms with van der Waals surface area (Å²) < 4.78 is 11.0. The molecule has 0 aromatic rings. The van der Waals surface area contributed by atoms with Gasteiger partial charge in [-0.25, -0.2) is 0 Å². The van der Waals surface area contributed by atoms with E-state index in [0.29, 0.717) is 0 Å². The minimum atomic E-state index is -0.212. The van der Waals surface area contributed by atoms with Crippen LogP contribution in [0, 0.1) is 5.41 Å². The first kappa shape index (κ1) is 20.7. The monoisotopic (exact) mass is 466 g/mol. The van der Waals surface area contributed by atoms with E-state index in [1.165, 1.54) is 0 Å². The molecule has 3 aliphatic rings. The van der Waals surface area contributed by atoms with Crippen LogP contribution in [0.2, 0.25) is 0 Å². The van der Waals surface area contributed by atoms with Crippen molar-refractivity contribution in [2.45, 2.75) is 32.3 Å². The predicted octanol–water partition coefficient (Wildman–Crippen LogP) is 0.930. The maximum Gasteiger partial charge on any atom is 0.251 e.